The van der Waals surface area contributed by atoms with Gasteiger partial charge < -0.3 is 5.32 Å². The summed E-state index contributed by atoms with van der Waals surface area (Å²) in [5.74, 6) is 1.73. The van der Waals surface area contributed by atoms with E-state index in [4.69, 9.17) is 0 Å². The minimum Gasteiger partial charge on any atom is -0.326 e. The van der Waals surface area contributed by atoms with Crippen molar-refractivity contribution in [3.63, 3.8) is 0 Å². The van der Waals surface area contributed by atoms with Gasteiger partial charge in [-0.2, -0.15) is 0 Å². The molecule has 1 aromatic heterocycles. The van der Waals surface area contributed by atoms with Crippen LogP contribution in [0.5, 0.6) is 0 Å². The van der Waals surface area contributed by atoms with Gasteiger partial charge in [0.25, 0.3) is 0 Å². The number of amides is 1. The summed E-state index contributed by atoms with van der Waals surface area (Å²) in [5.41, 5.74) is 5.49. The standard InChI is InChI=1S/C27H28N4OS/c1-20-15-16-23(18-21(20)2)28-26(32)14-9-17-33-27-30-29-25(19-22-10-5-3-6-11-22)31(27)24-12-7-4-8-13-24/h3-8,10-13,15-16,18H,9,14,17,19H2,1-2H3,(H,28,32). The van der Waals surface area contributed by atoms with Crippen LogP contribution in [-0.2, 0) is 11.2 Å². The summed E-state index contributed by atoms with van der Waals surface area (Å²) in [5, 5.41) is 12.8. The lowest BCUT2D eigenvalue weighted by molar-refractivity contribution is -0.116. The van der Waals surface area contributed by atoms with Gasteiger partial charge in [0.05, 0.1) is 0 Å². The van der Waals surface area contributed by atoms with Crippen LogP contribution in [0.15, 0.2) is 84.0 Å². The lowest BCUT2D eigenvalue weighted by Gasteiger charge is -2.10. The van der Waals surface area contributed by atoms with Gasteiger partial charge in [-0.05, 0) is 61.2 Å². The first-order chi connectivity index (χ1) is 16.1. The monoisotopic (exact) mass is 456 g/mol. The van der Waals surface area contributed by atoms with Gasteiger partial charge in [0.2, 0.25) is 5.91 Å². The predicted octanol–water partition coefficient (Wildman–Crippen LogP) is 5.99. The SMILES string of the molecule is Cc1ccc(NC(=O)CCCSc2nnc(Cc3ccccc3)n2-c2ccccc2)cc1C. The van der Waals surface area contributed by atoms with Crippen molar-refractivity contribution in [1.82, 2.24) is 14.8 Å². The number of rotatable bonds is 9. The van der Waals surface area contributed by atoms with Crippen molar-refractivity contribution < 1.29 is 4.79 Å². The molecule has 0 spiro atoms. The molecular formula is C27H28N4OS. The topological polar surface area (TPSA) is 59.8 Å². The zero-order valence-corrected chi connectivity index (χ0v) is 19.8. The normalized spacial score (nSPS) is 10.8. The number of aryl methyl sites for hydroxylation is 2. The number of hydrogen-bond donors (Lipinski definition) is 1. The molecule has 5 nitrogen and oxygen atoms in total. The molecule has 4 aromatic rings. The van der Waals surface area contributed by atoms with Crippen LogP contribution in [0.1, 0.15) is 35.4 Å². The molecule has 0 fully saturated rings. The summed E-state index contributed by atoms with van der Waals surface area (Å²) in [7, 11) is 0. The van der Waals surface area contributed by atoms with Gasteiger partial charge in [-0.25, -0.2) is 0 Å². The van der Waals surface area contributed by atoms with Crippen LogP contribution in [-0.4, -0.2) is 26.4 Å². The average Bonchev–Trinajstić information content (AvgIpc) is 3.22. The van der Waals surface area contributed by atoms with E-state index < -0.39 is 0 Å². The Hall–Kier alpha value is -3.38. The Morgan fingerprint density at radius 1 is 0.909 bits per heavy atom. The number of thioether (sulfide) groups is 1. The van der Waals surface area contributed by atoms with E-state index in [0.717, 1.165) is 34.5 Å². The molecule has 4 rings (SSSR count). The third kappa shape index (κ3) is 6.11. The summed E-state index contributed by atoms with van der Waals surface area (Å²) in [6, 6.07) is 26.5. The van der Waals surface area contributed by atoms with Crippen molar-refractivity contribution in [1.29, 1.82) is 0 Å². The van der Waals surface area contributed by atoms with Crippen molar-refractivity contribution in [2.24, 2.45) is 0 Å². The molecule has 0 aliphatic carbocycles. The molecule has 0 saturated carbocycles. The Morgan fingerprint density at radius 2 is 1.64 bits per heavy atom. The average molecular weight is 457 g/mol. The molecule has 3 aromatic carbocycles. The number of nitrogens with zero attached hydrogens (tertiary/aromatic N) is 3. The maximum atomic E-state index is 12.4. The number of anilines is 1. The Bertz CT molecular complexity index is 1210. The van der Waals surface area contributed by atoms with Crippen molar-refractivity contribution in [2.75, 3.05) is 11.1 Å². The van der Waals surface area contributed by atoms with Gasteiger partial charge in [0, 0.05) is 30.0 Å². The van der Waals surface area contributed by atoms with Crippen molar-refractivity contribution in [3.8, 4) is 5.69 Å². The van der Waals surface area contributed by atoms with Crippen LogP contribution >= 0.6 is 11.8 Å². The number of aromatic nitrogens is 3. The Morgan fingerprint density at radius 3 is 2.36 bits per heavy atom. The van der Waals surface area contributed by atoms with Crippen molar-refractivity contribution in [2.45, 2.75) is 38.3 Å². The molecule has 168 valence electrons. The molecule has 0 aliphatic rings. The maximum absolute atomic E-state index is 12.4. The second kappa shape index (κ2) is 11.0. The first-order valence-corrected chi connectivity index (χ1v) is 12.1. The zero-order chi connectivity index (χ0) is 23.0. The van der Waals surface area contributed by atoms with Crippen LogP contribution in [0.2, 0.25) is 0 Å². The molecule has 0 bridgehead atoms. The number of nitrogens with one attached hydrogen (secondary N) is 1. The number of benzene rings is 3. The highest BCUT2D eigenvalue weighted by Gasteiger charge is 2.15. The van der Waals surface area contributed by atoms with Gasteiger partial charge >= 0.3 is 0 Å². The van der Waals surface area contributed by atoms with Gasteiger partial charge in [0.1, 0.15) is 5.82 Å². The smallest absolute Gasteiger partial charge is 0.224 e. The third-order valence-corrected chi connectivity index (χ3v) is 6.51. The lowest BCUT2D eigenvalue weighted by Crippen LogP contribution is -2.11. The van der Waals surface area contributed by atoms with Gasteiger partial charge in [-0.1, -0.05) is 66.4 Å². The molecule has 1 N–H and O–H groups in total. The Labute approximate surface area is 199 Å². The fourth-order valence-electron chi connectivity index (χ4n) is 3.56. The minimum absolute atomic E-state index is 0.0353. The molecule has 1 amide bonds. The Balaban J connectivity index is 1.38. The fraction of sp³-hybridized carbons (Fsp3) is 0.222. The fourth-order valence-corrected chi connectivity index (χ4v) is 4.47. The molecule has 0 saturated heterocycles. The maximum Gasteiger partial charge on any atom is 0.224 e. The van der Waals surface area contributed by atoms with E-state index in [-0.39, 0.29) is 5.91 Å². The van der Waals surface area contributed by atoms with Gasteiger partial charge in [-0.3, -0.25) is 9.36 Å². The quantitative estimate of drug-likeness (QED) is 0.248. The summed E-state index contributed by atoms with van der Waals surface area (Å²) < 4.78 is 2.12. The molecule has 0 radical (unpaired) electrons. The zero-order valence-electron chi connectivity index (χ0n) is 19.0. The summed E-state index contributed by atoms with van der Waals surface area (Å²) >= 11 is 1.64. The molecule has 1 heterocycles. The van der Waals surface area contributed by atoms with E-state index in [1.54, 1.807) is 11.8 Å². The third-order valence-electron chi connectivity index (χ3n) is 5.49. The van der Waals surface area contributed by atoms with E-state index in [1.807, 2.05) is 54.6 Å². The van der Waals surface area contributed by atoms with Crippen LogP contribution in [0.4, 0.5) is 5.69 Å². The van der Waals surface area contributed by atoms with Crippen LogP contribution < -0.4 is 5.32 Å². The van der Waals surface area contributed by atoms with Crippen LogP contribution in [0.25, 0.3) is 5.69 Å². The van der Waals surface area contributed by atoms with E-state index in [1.165, 1.54) is 16.7 Å². The first-order valence-electron chi connectivity index (χ1n) is 11.1. The molecule has 0 aliphatic heterocycles. The molecular weight excluding hydrogens is 428 g/mol. The van der Waals surface area contributed by atoms with Crippen LogP contribution in [0.3, 0.4) is 0 Å². The van der Waals surface area contributed by atoms with Crippen molar-refractivity contribution in [3.05, 3.63) is 101 Å². The van der Waals surface area contributed by atoms with Crippen LogP contribution in [0, 0.1) is 13.8 Å². The van der Waals surface area contributed by atoms with E-state index in [9.17, 15) is 4.79 Å². The Kier molecular flexibility index (Phi) is 7.58. The number of para-hydroxylation sites is 1. The van der Waals surface area contributed by atoms with Gasteiger partial charge in [0.15, 0.2) is 5.16 Å². The molecule has 6 heteroatoms. The highest BCUT2D eigenvalue weighted by atomic mass is 32.2. The number of carbonyl (C=O) groups excluding carboxylic acids is 1. The number of carbonyl (C=O) groups is 1. The first kappa shape index (κ1) is 22.8. The lowest BCUT2D eigenvalue weighted by atomic mass is 10.1. The second-order valence-corrected chi connectivity index (χ2v) is 9.09. The highest BCUT2D eigenvalue weighted by Crippen LogP contribution is 2.24. The molecule has 0 atom stereocenters. The summed E-state index contributed by atoms with van der Waals surface area (Å²) in [6.45, 7) is 4.12. The highest BCUT2D eigenvalue weighted by molar-refractivity contribution is 7.99. The molecule has 0 unspecified atom stereocenters. The minimum atomic E-state index is 0.0353. The largest absolute Gasteiger partial charge is 0.326 e. The summed E-state index contributed by atoms with van der Waals surface area (Å²) in [6.07, 6.45) is 1.94. The van der Waals surface area contributed by atoms with E-state index in [2.05, 4.69) is 58.2 Å². The predicted molar refractivity (Wildman–Crippen MR) is 135 cm³/mol. The second-order valence-electron chi connectivity index (χ2n) is 8.03. The number of hydrogen-bond acceptors (Lipinski definition) is 4. The van der Waals surface area contributed by atoms with E-state index >= 15 is 0 Å². The van der Waals surface area contributed by atoms with Crippen molar-refractivity contribution >= 4 is 23.4 Å². The van der Waals surface area contributed by atoms with E-state index in [0.29, 0.717) is 12.8 Å². The summed E-state index contributed by atoms with van der Waals surface area (Å²) in [4.78, 5) is 12.4. The van der Waals surface area contributed by atoms with Gasteiger partial charge in [-0.15, -0.1) is 10.2 Å². The molecule has 33 heavy (non-hydrogen) atoms.